The number of hydrogen-bond acceptors (Lipinski definition) is 5. The number of pyridine rings is 1. The lowest BCUT2D eigenvalue weighted by molar-refractivity contribution is 0.0730. The summed E-state index contributed by atoms with van der Waals surface area (Å²) in [6, 6.07) is 26.7. The fourth-order valence-corrected chi connectivity index (χ4v) is 4.98. The lowest BCUT2D eigenvalue weighted by Crippen LogP contribution is -2.29. The fourth-order valence-electron chi connectivity index (χ4n) is 4.85. The number of methoxy groups -OCH3 is 1. The number of nitrogens with one attached hydrogen (secondary N) is 1. The Morgan fingerprint density at radius 1 is 0.872 bits per heavy atom. The Bertz CT molecular complexity index is 1580. The number of halogens is 1. The van der Waals surface area contributed by atoms with Gasteiger partial charge in [0.1, 0.15) is 23.8 Å². The summed E-state index contributed by atoms with van der Waals surface area (Å²) in [5.74, 6) is 1.40. The van der Waals surface area contributed by atoms with Gasteiger partial charge in [0.2, 0.25) is 0 Å². The Kier molecular flexibility index (Phi) is 6.73. The quantitative estimate of drug-likeness (QED) is 0.246. The molecule has 194 valence electrons. The molecule has 1 aliphatic heterocycles. The minimum Gasteiger partial charge on any atom is -0.497 e. The molecule has 2 aromatic heterocycles. The van der Waals surface area contributed by atoms with Gasteiger partial charge in [-0.2, -0.15) is 5.10 Å². The van der Waals surface area contributed by atoms with Crippen molar-refractivity contribution in [3.05, 3.63) is 130 Å². The van der Waals surface area contributed by atoms with E-state index >= 15 is 0 Å². The van der Waals surface area contributed by atoms with E-state index in [0.717, 1.165) is 45.0 Å². The second-order valence-electron chi connectivity index (χ2n) is 9.26. The molecule has 0 fully saturated rings. The van der Waals surface area contributed by atoms with Crippen LogP contribution in [-0.4, -0.2) is 33.1 Å². The Labute approximate surface area is 231 Å². The van der Waals surface area contributed by atoms with Crippen molar-refractivity contribution >= 4 is 17.5 Å². The summed E-state index contributed by atoms with van der Waals surface area (Å²) in [6.45, 7) is 0.867. The predicted octanol–water partition coefficient (Wildman–Crippen LogP) is 6.46. The Balaban J connectivity index is 1.34. The highest BCUT2D eigenvalue weighted by Gasteiger charge is 2.42. The second kappa shape index (κ2) is 10.6. The molecule has 3 heterocycles. The molecule has 5 aromatic rings. The van der Waals surface area contributed by atoms with Gasteiger partial charge < -0.3 is 14.4 Å². The van der Waals surface area contributed by atoms with Crippen LogP contribution in [0.5, 0.6) is 11.5 Å². The highest BCUT2D eigenvalue weighted by molar-refractivity contribution is 6.30. The van der Waals surface area contributed by atoms with Crippen LogP contribution >= 0.6 is 11.6 Å². The van der Waals surface area contributed by atoms with Crippen LogP contribution in [0.1, 0.15) is 38.8 Å². The maximum absolute atomic E-state index is 13.7. The maximum Gasteiger partial charge on any atom is 0.273 e. The largest absolute Gasteiger partial charge is 0.497 e. The number of hydrogen-bond donors (Lipinski definition) is 1. The first kappa shape index (κ1) is 24.7. The summed E-state index contributed by atoms with van der Waals surface area (Å²) in [6.07, 6.45) is 3.47. The van der Waals surface area contributed by atoms with Gasteiger partial charge in [0.15, 0.2) is 0 Å². The fraction of sp³-hybridized carbons (Fsp3) is 0.129. The number of aromatic nitrogens is 3. The monoisotopic (exact) mass is 536 g/mol. The average molecular weight is 537 g/mol. The van der Waals surface area contributed by atoms with Gasteiger partial charge in [0.05, 0.1) is 18.8 Å². The number of amides is 1. The molecule has 6 rings (SSSR count). The highest BCUT2D eigenvalue weighted by Crippen LogP contribution is 2.44. The zero-order valence-electron chi connectivity index (χ0n) is 21.2. The van der Waals surface area contributed by atoms with Gasteiger partial charge in [0, 0.05) is 35.1 Å². The van der Waals surface area contributed by atoms with E-state index in [4.69, 9.17) is 21.1 Å². The molecule has 0 radical (unpaired) electrons. The topological polar surface area (TPSA) is 80.3 Å². The van der Waals surface area contributed by atoms with E-state index in [1.54, 1.807) is 19.5 Å². The number of carbonyl (C=O) groups is 1. The number of rotatable bonds is 8. The number of aromatic amines is 1. The van der Waals surface area contributed by atoms with Crippen molar-refractivity contribution < 1.29 is 14.3 Å². The highest BCUT2D eigenvalue weighted by atomic mass is 35.5. The summed E-state index contributed by atoms with van der Waals surface area (Å²) < 4.78 is 11.3. The van der Waals surface area contributed by atoms with Crippen LogP contribution in [0.2, 0.25) is 5.02 Å². The summed E-state index contributed by atoms with van der Waals surface area (Å²) in [7, 11) is 1.63. The van der Waals surface area contributed by atoms with E-state index in [9.17, 15) is 4.79 Å². The van der Waals surface area contributed by atoms with E-state index in [1.807, 2.05) is 89.8 Å². The first-order chi connectivity index (χ1) is 19.1. The number of benzene rings is 3. The molecular weight excluding hydrogens is 512 g/mol. The molecule has 3 aromatic carbocycles. The first-order valence-corrected chi connectivity index (χ1v) is 12.9. The molecule has 0 spiro atoms. The smallest absolute Gasteiger partial charge is 0.273 e. The molecular formula is C31H25ClN4O3. The van der Waals surface area contributed by atoms with Crippen molar-refractivity contribution in [2.45, 2.75) is 19.2 Å². The van der Waals surface area contributed by atoms with Gasteiger partial charge in [-0.05, 0) is 77.4 Å². The van der Waals surface area contributed by atoms with Crippen LogP contribution in [0.15, 0.2) is 97.3 Å². The molecule has 1 aliphatic rings. The van der Waals surface area contributed by atoms with Crippen molar-refractivity contribution in [1.82, 2.24) is 20.1 Å². The average Bonchev–Trinajstić information content (AvgIpc) is 3.52. The van der Waals surface area contributed by atoms with Crippen LogP contribution in [0.4, 0.5) is 0 Å². The van der Waals surface area contributed by atoms with Crippen LogP contribution in [0, 0.1) is 0 Å². The van der Waals surface area contributed by atoms with Gasteiger partial charge >= 0.3 is 0 Å². The van der Waals surface area contributed by atoms with Gasteiger partial charge in [-0.1, -0.05) is 35.9 Å². The summed E-state index contributed by atoms with van der Waals surface area (Å²) >= 11 is 5.99. The predicted molar refractivity (Wildman–Crippen MR) is 149 cm³/mol. The van der Waals surface area contributed by atoms with Crippen molar-refractivity contribution in [1.29, 1.82) is 0 Å². The van der Waals surface area contributed by atoms with E-state index in [1.165, 1.54) is 0 Å². The third-order valence-corrected chi connectivity index (χ3v) is 7.10. The van der Waals surface area contributed by atoms with Gasteiger partial charge in [-0.25, -0.2) is 0 Å². The second-order valence-corrected chi connectivity index (χ2v) is 9.70. The molecule has 0 saturated carbocycles. The van der Waals surface area contributed by atoms with Gasteiger partial charge in [-0.3, -0.25) is 14.9 Å². The van der Waals surface area contributed by atoms with Crippen LogP contribution in [0.3, 0.4) is 0 Å². The summed E-state index contributed by atoms with van der Waals surface area (Å²) in [4.78, 5) is 19.7. The molecule has 0 saturated heterocycles. The summed E-state index contributed by atoms with van der Waals surface area (Å²) in [5.41, 5.74) is 5.99. The number of ether oxygens (including phenoxy) is 2. The Morgan fingerprint density at radius 2 is 1.56 bits per heavy atom. The SMILES string of the molecule is COc1ccc(-c2n[nH]c3c2C(c2ccc(OCc4ccc(Cl)cc4)cc2)N(Cc2ccncc2)C3=O)cc1. The normalized spacial score (nSPS) is 14.4. The molecule has 39 heavy (non-hydrogen) atoms. The number of fused-ring (bicyclic) bond motifs is 1. The molecule has 1 unspecified atom stereocenters. The third kappa shape index (κ3) is 4.96. The van der Waals surface area contributed by atoms with Gasteiger partial charge in [0.25, 0.3) is 5.91 Å². The van der Waals surface area contributed by atoms with E-state index in [0.29, 0.717) is 23.9 Å². The lowest BCUT2D eigenvalue weighted by Gasteiger charge is -2.26. The standard InChI is InChI=1S/C31H25ClN4O3/c1-38-25-10-4-22(5-11-25)28-27-29(35-34-28)31(37)36(18-20-14-16-33-17-15-20)30(27)23-6-12-26(13-7-23)39-19-21-2-8-24(32)9-3-21/h2-17,30H,18-19H2,1H3,(H,34,35). The van der Waals surface area contributed by atoms with Crippen LogP contribution in [-0.2, 0) is 13.2 Å². The zero-order chi connectivity index (χ0) is 26.8. The minimum absolute atomic E-state index is 0.0952. The first-order valence-electron chi connectivity index (χ1n) is 12.5. The molecule has 1 N–H and O–H groups in total. The van der Waals surface area contributed by atoms with Crippen LogP contribution in [0.25, 0.3) is 11.3 Å². The van der Waals surface area contributed by atoms with E-state index in [-0.39, 0.29) is 11.9 Å². The van der Waals surface area contributed by atoms with Crippen molar-refractivity contribution in [3.63, 3.8) is 0 Å². The molecule has 1 amide bonds. The van der Waals surface area contributed by atoms with Crippen LogP contribution < -0.4 is 9.47 Å². The Morgan fingerprint density at radius 3 is 2.26 bits per heavy atom. The zero-order valence-corrected chi connectivity index (χ0v) is 21.9. The number of nitrogens with zero attached hydrogens (tertiary/aromatic N) is 3. The van der Waals surface area contributed by atoms with Gasteiger partial charge in [-0.15, -0.1) is 0 Å². The Hall–Kier alpha value is -4.62. The number of H-pyrrole nitrogens is 1. The van der Waals surface area contributed by atoms with Crippen molar-refractivity contribution in [2.24, 2.45) is 0 Å². The molecule has 0 aliphatic carbocycles. The molecule has 7 nitrogen and oxygen atoms in total. The molecule has 8 heteroatoms. The van der Waals surface area contributed by atoms with E-state index in [2.05, 4.69) is 15.2 Å². The third-order valence-electron chi connectivity index (χ3n) is 6.84. The maximum atomic E-state index is 13.7. The van der Waals surface area contributed by atoms with Crippen molar-refractivity contribution in [3.8, 4) is 22.8 Å². The lowest BCUT2D eigenvalue weighted by atomic mass is 9.96. The molecule has 1 atom stereocenters. The summed E-state index contributed by atoms with van der Waals surface area (Å²) in [5, 5.41) is 8.27. The van der Waals surface area contributed by atoms with Crippen molar-refractivity contribution in [2.75, 3.05) is 7.11 Å². The molecule has 0 bridgehead atoms. The number of carbonyl (C=O) groups excluding carboxylic acids is 1. The van der Waals surface area contributed by atoms with E-state index < -0.39 is 0 Å². The minimum atomic E-state index is -0.332.